The van der Waals surface area contributed by atoms with Gasteiger partial charge in [-0.3, -0.25) is 0 Å². The first kappa shape index (κ1) is 15.2. The summed E-state index contributed by atoms with van der Waals surface area (Å²) in [6, 6.07) is 0. The van der Waals surface area contributed by atoms with E-state index in [2.05, 4.69) is 6.92 Å². The molecule has 0 N–H and O–H groups in total. The summed E-state index contributed by atoms with van der Waals surface area (Å²) in [5.41, 5.74) is 0. The van der Waals surface area contributed by atoms with Crippen LogP contribution in [0, 0.1) is 11.8 Å². The number of hydrogen-bond acceptors (Lipinski definition) is 2. The number of rotatable bonds is 4. The molecule has 112 valence electrons. The van der Waals surface area contributed by atoms with E-state index in [1.165, 1.54) is 0 Å². The molecular weight excluding hydrogens is 250 g/mol. The van der Waals surface area contributed by atoms with E-state index >= 15 is 0 Å². The fourth-order valence-corrected chi connectivity index (χ4v) is 3.30. The van der Waals surface area contributed by atoms with Crippen molar-refractivity contribution < 1.29 is 18.3 Å². The van der Waals surface area contributed by atoms with E-state index in [0.717, 1.165) is 25.7 Å². The lowest BCUT2D eigenvalue weighted by atomic mass is 9.82. The van der Waals surface area contributed by atoms with Gasteiger partial charge < -0.3 is 9.47 Å². The van der Waals surface area contributed by atoms with E-state index in [-0.39, 0.29) is 12.2 Å². The zero-order valence-corrected chi connectivity index (χ0v) is 12.0. The number of ether oxygens (including phenoxy) is 2. The van der Waals surface area contributed by atoms with Crippen molar-refractivity contribution >= 4 is 0 Å². The van der Waals surface area contributed by atoms with Gasteiger partial charge in [-0.25, -0.2) is 0 Å². The van der Waals surface area contributed by atoms with Gasteiger partial charge in [-0.1, -0.05) is 19.8 Å². The van der Waals surface area contributed by atoms with E-state index < -0.39 is 12.0 Å². The van der Waals surface area contributed by atoms with Gasteiger partial charge in [0.25, 0.3) is 0 Å². The maximum absolute atomic E-state index is 14.1. The minimum absolute atomic E-state index is 0.226. The second kappa shape index (κ2) is 6.49. The Labute approximate surface area is 114 Å². The molecule has 0 unspecified atom stereocenters. The van der Waals surface area contributed by atoms with Gasteiger partial charge in [-0.15, -0.1) is 0 Å². The Bertz CT molecular complexity index is 267. The molecule has 2 saturated carbocycles. The van der Waals surface area contributed by atoms with Gasteiger partial charge >= 0.3 is 6.11 Å². The lowest BCUT2D eigenvalue weighted by Gasteiger charge is -2.36. The molecule has 0 aromatic carbocycles. The summed E-state index contributed by atoms with van der Waals surface area (Å²) in [4.78, 5) is 0. The first-order chi connectivity index (χ1) is 9.01. The highest BCUT2D eigenvalue weighted by molar-refractivity contribution is 4.79. The van der Waals surface area contributed by atoms with Gasteiger partial charge in [0.1, 0.15) is 0 Å². The lowest BCUT2D eigenvalue weighted by molar-refractivity contribution is -0.302. The molecule has 4 heteroatoms. The van der Waals surface area contributed by atoms with Crippen molar-refractivity contribution in [2.75, 3.05) is 7.11 Å². The fourth-order valence-electron chi connectivity index (χ4n) is 3.30. The van der Waals surface area contributed by atoms with Gasteiger partial charge in [0.05, 0.1) is 18.1 Å². The summed E-state index contributed by atoms with van der Waals surface area (Å²) in [5.74, 6) is 0.00744. The first-order valence-corrected chi connectivity index (χ1v) is 7.59. The molecule has 2 aliphatic rings. The summed E-state index contributed by atoms with van der Waals surface area (Å²) in [6.45, 7) is 2.14. The number of alkyl halides is 2. The molecule has 0 radical (unpaired) electrons. The summed E-state index contributed by atoms with van der Waals surface area (Å²) < 4.78 is 38.7. The molecule has 2 fully saturated rings. The van der Waals surface area contributed by atoms with Crippen LogP contribution in [0.2, 0.25) is 0 Å². The predicted molar refractivity (Wildman–Crippen MR) is 70.2 cm³/mol. The van der Waals surface area contributed by atoms with E-state index in [4.69, 9.17) is 9.47 Å². The van der Waals surface area contributed by atoms with Crippen LogP contribution in [0.5, 0.6) is 0 Å². The third-order valence-corrected chi connectivity index (χ3v) is 4.77. The largest absolute Gasteiger partial charge is 0.381 e. The maximum Gasteiger partial charge on any atom is 0.358 e. The van der Waals surface area contributed by atoms with Crippen molar-refractivity contribution in [3.8, 4) is 0 Å². The van der Waals surface area contributed by atoms with Crippen LogP contribution in [0.1, 0.15) is 58.3 Å². The van der Waals surface area contributed by atoms with Crippen molar-refractivity contribution in [1.82, 2.24) is 0 Å². The Morgan fingerprint density at radius 3 is 1.89 bits per heavy atom. The maximum atomic E-state index is 14.1. The van der Waals surface area contributed by atoms with Crippen LogP contribution in [0.25, 0.3) is 0 Å². The number of methoxy groups -OCH3 is 1. The lowest BCUT2D eigenvalue weighted by Crippen LogP contribution is -2.39. The van der Waals surface area contributed by atoms with Gasteiger partial charge in [-0.05, 0) is 44.4 Å². The highest BCUT2D eigenvalue weighted by Gasteiger charge is 2.44. The molecule has 0 amide bonds. The van der Waals surface area contributed by atoms with Crippen LogP contribution in [0.15, 0.2) is 0 Å². The quantitative estimate of drug-likeness (QED) is 0.758. The smallest absolute Gasteiger partial charge is 0.358 e. The van der Waals surface area contributed by atoms with Crippen LogP contribution in [0.4, 0.5) is 8.78 Å². The fraction of sp³-hybridized carbons (Fsp3) is 1.00. The second-order valence-electron chi connectivity index (χ2n) is 6.27. The summed E-state index contributed by atoms with van der Waals surface area (Å²) in [5, 5.41) is 0. The van der Waals surface area contributed by atoms with Gasteiger partial charge in [0, 0.05) is 7.11 Å². The van der Waals surface area contributed by atoms with Crippen molar-refractivity contribution in [3.05, 3.63) is 0 Å². The zero-order valence-electron chi connectivity index (χ0n) is 12.0. The third kappa shape index (κ3) is 4.12. The van der Waals surface area contributed by atoms with Gasteiger partial charge in [0.2, 0.25) is 0 Å². The third-order valence-electron chi connectivity index (χ3n) is 4.77. The SMILES string of the molecule is COC1CCC(OC(F)(F)C2CCC(C)CC2)CC1. The Morgan fingerprint density at radius 1 is 0.842 bits per heavy atom. The molecule has 2 aliphatic carbocycles. The molecule has 2 nitrogen and oxygen atoms in total. The van der Waals surface area contributed by atoms with E-state index in [1.54, 1.807) is 7.11 Å². The minimum Gasteiger partial charge on any atom is -0.381 e. The first-order valence-electron chi connectivity index (χ1n) is 7.59. The van der Waals surface area contributed by atoms with Crippen molar-refractivity contribution in [2.45, 2.75) is 76.6 Å². The molecule has 0 aromatic rings. The Morgan fingerprint density at radius 2 is 1.37 bits per heavy atom. The van der Waals surface area contributed by atoms with Crippen molar-refractivity contribution in [1.29, 1.82) is 0 Å². The molecular formula is C15H26F2O2. The van der Waals surface area contributed by atoms with Gasteiger partial charge in [-0.2, -0.15) is 8.78 Å². The van der Waals surface area contributed by atoms with Crippen molar-refractivity contribution in [2.24, 2.45) is 11.8 Å². The van der Waals surface area contributed by atoms with Gasteiger partial charge in [0.15, 0.2) is 0 Å². The number of hydrogen-bond donors (Lipinski definition) is 0. The Hall–Kier alpha value is -0.220. The predicted octanol–water partition coefficient (Wildman–Crippen LogP) is 4.38. The van der Waals surface area contributed by atoms with E-state index in [9.17, 15) is 8.78 Å². The molecule has 0 atom stereocenters. The standard InChI is InChI=1S/C15H26F2O2/c1-11-3-5-12(6-4-11)15(16,17)19-14-9-7-13(18-2)8-10-14/h11-14H,3-10H2,1-2H3. The van der Waals surface area contributed by atoms with Crippen molar-refractivity contribution in [3.63, 3.8) is 0 Å². The highest BCUT2D eigenvalue weighted by atomic mass is 19.3. The minimum atomic E-state index is -2.94. The summed E-state index contributed by atoms with van der Waals surface area (Å²) >= 11 is 0. The zero-order chi connectivity index (χ0) is 13.9. The summed E-state index contributed by atoms with van der Waals surface area (Å²) in [7, 11) is 1.68. The molecule has 0 aliphatic heterocycles. The molecule has 0 aromatic heterocycles. The average molecular weight is 276 g/mol. The van der Waals surface area contributed by atoms with Crippen LogP contribution >= 0.6 is 0 Å². The number of halogens is 2. The second-order valence-corrected chi connectivity index (χ2v) is 6.27. The van der Waals surface area contributed by atoms with Crippen LogP contribution in [-0.4, -0.2) is 25.4 Å². The van der Waals surface area contributed by atoms with E-state index in [0.29, 0.717) is 31.6 Å². The molecule has 2 rings (SSSR count). The van der Waals surface area contributed by atoms with Crippen LogP contribution in [-0.2, 0) is 9.47 Å². The Balaban J connectivity index is 1.80. The summed E-state index contributed by atoms with van der Waals surface area (Å²) in [6.07, 6.45) is 3.05. The van der Waals surface area contributed by atoms with E-state index in [1.807, 2.05) is 0 Å². The molecule has 0 heterocycles. The van der Waals surface area contributed by atoms with Crippen LogP contribution in [0.3, 0.4) is 0 Å². The molecule has 0 spiro atoms. The molecule has 0 saturated heterocycles. The monoisotopic (exact) mass is 276 g/mol. The molecule has 0 bridgehead atoms. The molecule has 19 heavy (non-hydrogen) atoms. The normalized spacial score (nSPS) is 37.3. The topological polar surface area (TPSA) is 18.5 Å². The Kier molecular flexibility index (Phi) is 5.18. The van der Waals surface area contributed by atoms with Crippen LogP contribution < -0.4 is 0 Å². The highest BCUT2D eigenvalue weighted by Crippen LogP contribution is 2.41. The average Bonchev–Trinajstić information content (AvgIpc) is 2.40.